The Bertz CT molecular complexity index is 1020. The van der Waals surface area contributed by atoms with Gasteiger partial charge in [-0.25, -0.2) is 4.79 Å². The van der Waals surface area contributed by atoms with E-state index in [1.165, 1.54) is 39.2 Å². The highest BCUT2D eigenvalue weighted by Gasteiger charge is 2.58. The number of carbonyl (C=O) groups is 2. The first kappa shape index (κ1) is 22.3. The fourth-order valence-electron chi connectivity index (χ4n) is 7.62. The van der Waals surface area contributed by atoms with Crippen molar-refractivity contribution in [2.45, 2.75) is 65.2 Å². The highest BCUT2D eigenvalue weighted by atomic mass is 35.5. The van der Waals surface area contributed by atoms with Crippen molar-refractivity contribution >= 4 is 40.8 Å². The fourth-order valence-corrected chi connectivity index (χ4v) is 8.36. The summed E-state index contributed by atoms with van der Waals surface area (Å²) in [5, 5.41) is 1.17. The maximum Gasteiger partial charge on any atom is 0.337 e. The van der Waals surface area contributed by atoms with Gasteiger partial charge in [-0.1, -0.05) is 43.5 Å². The molecule has 0 N–H and O–H groups in total. The number of methoxy groups -OCH3 is 1. The first-order valence-corrected chi connectivity index (χ1v) is 12.5. The number of esters is 1. The highest BCUT2D eigenvalue weighted by Crippen LogP contribution is 2.66. The first-order chi connectivity index (χ1) is 15.2. The Kier molecular flexibility index (Phi) is 5.41. The third-order valence-corrected chi connectivity index (χ3v) is 9.83. The quantitative estimate of drug-likeness (QED) is 0.434. The minimum absolute atomic E-state index is 0.0170. The lowest BCUT2D eigenvalue weighted by molar-refractivity contribution is -0.122. The minimum atomic E-state index is -0.451. The highest BCUT2D eigenvalue weighted by molar-refractivity contribution is 6.35. The molecule has 5 rings (SSSR count). The van der Waals surface area contributed by atoms with Crippen LogP contribution in [0.25, 0.3) is 0 Å². The van der Waals surface area contributed by atoms with Gasteiger partial charge < -0.3 is 4.74 Å². The maximum atomic E-state index is 13.2. The van der Waals surface area contributed by atoms with Gasteiger partial charge in [0, 0.05) is 22.6 Å². The van der Waals surface area contributed by atoms with E-state index in [4.69, 9.17) is 27.9 Å². The van der Waals surface area contributed by atoms with E-state index in [1.807, 2.05) is 0 Å². The SMILES string of the molecule is COC(=O)c1ccc(N2C(=O)CC[C@@]3(C)C2=C(Cl)C[C@H]2[C@@H]4CCC[C@@]4(C)CC[C@@H]23)c(Cl)c1. The van der Waals surface area contributed by atoms with Gasteiger partial charge in [-0.3, -0.25) is 9.69 Å². The summed E-state index contributed by atoms with van der Waals surface area (Å²) in [4.78, 5) is 26.9. The standard InChI is InChI=1S/C26H31Cl2NO3/c1-25-10-4-5-17(25)16-14-20(28)23-26(2,18(16)8-11-25)12-9-22(30)29(23)21-7-6-15(13-19(21)27)24(31)32-3/h6-7,13,16-18H,4-5,8-12,14H2,1-3H3/t16-,17-,18-,25-,26+/m0/s1. The molecule has 1 aromatic carbocycles. The molecular weight excluding hydrogens is 445 g/mol. The smallest absolute Gasteiger partial charge is 0.337 e. The molecule has 6 heteroatoms. The minimum Gasteiger partial charge on any atom is -0.465 e. The van der Waals surface area contributed by atoms with Crippen LogP contribution >= 0.6 is 23.2 Å². The lowest BCUT2D eigenvalue weighted by atomic mass is 9.50. The monoisotopic (exact) mass is 475 g/mol. The van der Waals surface area contributed by atoms with Crippen LogP contribution in [0, 0.1) is 28.6 Å². The number of allylic oxidation sites excluding steroid dienone is 2. The Balaban J connectivity index is 1.58. The van der Waals surface area contributed by atoms with E-state index in [-0.39, 0.29) is 11.3 Å². The predicted octanol–water partition coefficient (Wildman–Crippen LogP) is 6.95. The molecule has 5 atom stereocenters. The second kappa shape index (κ2) is 7.77. The number of rotatable bonds is 2. The molecule has 2 saturated carbocycles. The number of nitrogens with zero attached hydrogens (tertiary/aromatic N) is 1. The van der Waals surface area contributed by atoms with Crippen molar-refractivity contribution < 1.29 is 14.3 Å². The molecule has 1 aromatic rings. The molecule has 1 heterocycles. The van der Waals surface area contributed by atoms with Crippen molar-refractivity contribution in [2.24, 2.45) is 28.6 Å². The summed E-state index contributed by atoms with van der Waals surface area (Å²) in [6, 6.07) is 4.99. The van der Waals surface area contributed by atoms with Crippen LogP contribution in [-0.4, -0.2) is 19.0 Å². The van der Waals surface area contributed by atoms with E-state index >= 15 is 0 Å². The molecule has 0 aromatic heterocycles. The molecular formula is C26H31Cl2NO3. The largest absolute Gasteiger partial charge is 0.465 e. The number of fused-ring (bicyclic) bond motifs is 5. The molecule has 172 valence electrons. The Morgan fingerprint density at radius 2 is 1.91 bits per heavy atom. The molecule has 1 amide bonds. The van der Waals surface area contributed by atoms with Gasteiger partial charge in [-0.2, -0.15) is 0 Å². The summed E-state index contributed by atoms with van der Waals surface area (Å²) in [7, 11) is 1.34. The second-order valence-electron chi connectivity index (χ2n) is 10.7. The van der Waals surface area contributed by atoms with E-state index in [0.29, 0.717) is 39.9 Å². The molecule has 1 saturated heterocycles. The van der Waals surface area contributed by atoms with Crippen LogP contribution < -0.4 is 4.90 Å². The molecule has 4 nitrogen and oxygen atoms in total. The number of piperidine rings is 1. The van der Waals surface area contributed by atoms with Crippen LogP contribution in [-0.2, 0) is 9.53 Å². The van der Waals surface area contributed by atoms with E-state index < -0.39 is 5.97 Å². The predicted molar refractivity (Wildman–Crippen MR) is 127 cm³/mol. The third-order valence-electron chi connectivity index (χ3n) is 9.19. The fraction of sp³-hybridized carbons (Fsp3) is 0.615. The van der Waals surface area contributed by atoms with Gasteiger partial charge in [0.25, 0.3) is 0 Å². The van der Waals surface area contributed by atoms with Gasteiger partial charge in [-0.05, 0) is 79.9 Å². The van der Waals surface area contributed by atoms with Gasteiger partial charge >= 0.3 is 5.97 Å². The Hall–Kier alpha value is -1.52. The van der Waals surface area contributed by atoms with Crippen LogP contribution in [0.3, 0.4) is 0 Å². The number of anilines is 1. The number of hydrogen-bond acceptors (Lipinski definition) is 3. The van der Waals surface area contributed by atoms with Gasteiger partial charge in [0.05, 0.1) is 23.4 Å². The molecule has 32 heavy (non-hydrogen) atoms. The molecule has 3 aliphatic carbocycles. The number of benzene rings is 1. The topological polar surface area (TPSA) is 46.6 Å². The van der Waals surface area contributed by atoms with Crippen LogP contribution in [0.2, 0.25) is 5.02 Å². The van der Waals surface area contributed by atoms with Gasteiger partial charge in [-0.15, -0.1) is 0 Å². The lowest BCUT2D eigenvalue weighted by Gasteiger charge is -2.58. The summed E-state index contributed by atoms with van der Waals surface area (Å²) >= 11 is 13.7. The van der Waals surface area contributed by atoms with Crippen molar-refractivity contribution in [3.05, 3.63) is 39.5 Å². The van der Waals surface area contributed by atoms with E-state index in [0.717, 1.165) is 29.5 Å². The zero-order valence-corrected chi connectivity index (χ0v) is 20.6. The second-order valence-corrected chi connectivity index (χ2v) is 11.6. The number of ether oxygens (including phenoxy) is 1. The van der Waals surface area contributed by atoms with Crippen molar-refractivity contribution in [3.63, 3.8) is 0 Å². The summed E-state index contributed by atoms with van der Waals surface area (Å²) in [5.74, 6) is 1.41. The van der Waals surface area contributed by atoms with Crippen molar-refractivity contribution in [1.29, 1.82) is 0 Å². The summed E-state index contributed by atoms with van der Waals surface area (Å²) in [5.41, 5.74) is 2.20. The number of carbonyl (C=O) groups excluding carboxylic acids is 2. The Labute approximate surface area is 200 Å². The van der Waals surface area contributed by atoms with Crippen LogP contribution in [0.15, 0.2) is 28.9 Å². The Morgan fingerprint density at radius 1 is 1.12 bits per heavy atom. The summed E-state index contributed by atoms with van der Waals surface area (Å²) < 4.78 is 4.81. The van der Waals surface area contributed by atoms with Crippen molar-refractivity contribution in [2.75, 3.05) is 12.0 Å². The zero-order valence-electron chi connectivity index (χ0n) is 19.0. The third kappa shape index (κ3) is 3.16. The van der Waals surface area contributed by atoms with Crippen molar-refractivity contribution in [1.82, 2.24) is 0 Å². The van der Waals surface area contributed by atoms with Crippen LogP contribution in [0.5, 0.6) is 0 Å². The molecule has 3 fully saturated rings. The molecule has 0 spiro atoms. The molecule has 0 bridgehead atoms. The van der Waals surface area contributed by atoms with E-state index in [2.05, 4.69) is 13.8 Å². The Morgan fingerprint density at radius 3 is 2.62 bits per heavy atom. The van der Waals surface area contributed by atoms with Gasteiger partial charge in [0.2, 0.25) is 5.91 Å². The lowest BCUT2D eigenvalue weighted by Crippen LogP contribution is -2.54. The van der Waals surface area contributed by atoms with Crippen LogP contribution in [0.1, 0.15) is 75.6 Å². The summed E-state index contributed by atoms with van der Waals surface area (Å²) in [6.45, 7) is 4.80. The van der Waals surface area contributed by atoms with Crippen LogP contribution in [0.4, 0.5) is 5.69 Å². The zero-order chi connectivity index (χ0) is 22.8. The molecule has 0 radical (unpaired) electrons. The molecule has 0 unspecified atom stereocenters. The van der Waals surface area contributed by atoms with Gasteiger partial charge in [0.1, 0.15) is 0 Å². The average Bonchev–Trinajstić information content (AvgIpc) is 3.16. The summed E-state index contributed by atoms with van der Waals surface area (Å²) in [6.07, 6.45) is 8.57. The molecule has 4 aliphatic rings. The number of hydrogen-bond donors (Lipinski definition) is 0. The maximum absolute atomic E-state index is 13.2. The van der Waals surface area contributed by atoms with E-state index in [1.54, 1.807) is 23.1 Å². The number of halogens is 2. The first-order valence-electron chi connectivity index (χ1n) is 11.8. The molecule has 1 aliphatic heterocycles. The van der Waals surface area contributed by atoms with Gasteiger partial charge in [0.15, 0.2) is 0 Å². The van der Waals surface area contributed by atoms with Crippen molar-refractivity contribution in [3.8, 4) is 0 Å². The average molecular weight is 476 g/mol. The normalized spacial score (nSPS) is 36.5. The van der Waals surface area contributed by atoms with E-state index in [9.17, 15) is 9.59 Å². The number of amides is 1.